The summed E-state index contributed by atoms with van der Waals surface area (Å²) in [6.45, 7) is 4.91. The van der Waals surface area contributed by atoms with Crippen LogP contribution in [-0.2, 0) is 14.3 Å². The maximum atomic E-state index is 12.5. The number of carbonyl (C=O) groups is 2. The summed E-state index contributed by atoms with van der Waals surface area (Å²) in [4.78, 5) is 24.5. The summed E-state index contributed by atoms with van der Waals surface area (Å²) >= 11 is 0. The molecule has 0 rings (SSSR count). The molecular weight excluding hydrogens is 767 g/mol. The van der Waals surface area contributed by atoms with Gasteiger partial charge in [-0.3, -0.25) is 9.59 Å². The van der Waals surface area contributed by atoms with Crippen LogP contribution in [0, 0.1) is 0 Å². The molecule has 0 radical (unpaired) electrons. The molecule has 0 aliphatic carbocycles. The Morgan fingerprint density at radius 1 is 0.435 bits per heavy atom. The van der Waals surface area contributed by atoms with E-state index < -0.39 is 12.1 Å². The average Bonchev–Trinajstić information content (AvgIpc) is 3.27. The second kappa shape index (κ2) is 52.0. The predicted molar refractivity (Wildman–Crippen MR) is 269 cm³/mol. The lowest BCUT2D eigenvalue weighted by atomic mass is 10.0. The number of rotatable bonds is 51. The lowest BCUT2D eigenvalue weighted by molar-refractivity contribution is -0.143. The molecule has 0 aliphatic rings. The zero-order chi connectivity index (χ0) is 45.1. The second-order valence-corrected chi connectivity index (χ2v) is 18.9. The van der Waals surface area contributed by atoms with Gasteiger partial charge in [0.05, 0.1) is 25.4 Å². The summed E-state index contributed by atoms with van der Waals surface area (Å²) in [5.74, 6) is -0.0682. The van der Waals surface area contributed by atoms with E-state index in [2.05, 4.69) is 43.5 Å². The van der Waals surface area contributed by atoms with E-state index in [0.717, 1.165) is 70.6 Å². The van der Waals surface area contributed by atoms with Crippen molar-refractivity contribution in [2.75, 3.05) is 13.2 Å². The number of esters is 1. The predicted octanol–water partition coefficient (Wildman–Crippen LogP) is 16.7. The van der Waals surface area contributed by atoms with Crippen LogP contribution in [0.1, 0.15) is 296 Å². The van der Waals surface area contributed by atoms with Gasteiger partial charge < -0.3 is 20.3 Å². The fraction of sp³-hybridized carbons (Fsp3) is 0.893. The first kappa shape index (κ1) is 60.3. The van der Waals surface area contributed by atoms with Crippen molar-refractivity contribution in [3.8, 4) is 0 Å². The fourth-order valence-corrected chi connectivity index (χ4v) is 8.45. The Balaban J connectivity index is 3.48. The van der Waals surface area contributed by atoms with Crippen molar-refractivity contribution < 1.29 is 24.5 Å². The van der Waals surface area contributed by atoms with Crippen molar-refractivity contribution in [2.45, 2.75) is 309 Å². The Labute approximate surface area is 386 Å². The molecule has 0 bridgehead atoms. The monoisotopic (exact) mass is 874 g/mol. The number of carbonyl (C=O) groups excluding carboxylic acids is 2. The van der Waals surface area contributed by atoms with Gasteiger partial charge in [-0.25, -0.2) is 0 Å². The van der Waals surface area contributed by atoms with Gasteiger partial charge in [-0.05, 0) is 77.0 Å². The molecule has 2 atom stereocenters. The largest absolute Gasteiger partial charge is 0.466 e. The highest BCUT2D eigenvalue weighted by molar-refractivity contribution is 5.76. The van der Waals surface area contributed by atoms with Gasteiger partial charge in [0.2, 0.25) is 5.91 Å². The Morgan fingerprint density at radius 3 is 1.16 bits per heavy atom. The van der Waals surface area contributed by atoms with Crippen LogP contribution in [-0.4, -0.2) is 47.4 Å². The van der Waals surface area contributed by atoms with Crippen molar-refractivity contribution >= 4 is 11.9 Å². The van der Waals surface area contributed by atoms with E-state index in [0.29, 0.717) is 25.9 Å². The minimum atomic E-state index is -0.674. The number of hydrogen-bond donors (Lipinski definition) is 3. The Morgan fingerprint density at radius 2 is 0.758 bits per heavy atom. The Kier molecular flexibility index (Phi) is 50.6. The minimum Gasteiger partial charge on any atom is -0.466 e. The molecule has 3 N–H and O–H groups in total. The van der Waals surface area contributed by atoms with Gasteiger partial charge in [0, 0.05) is 12.8 Å². The van der Waals surface area contributed by atoms with Crippen LogP contribution in [0.4, 0.5) is 0 Å². The van der Waals surface area contributed by atoms with Crippen LogP contribution in [0.15, 0.2) is 24.3 Å². The maximum absolute atomic E-state index is 12.5. The highest BCUT2D eigenvalue weighted by atomic mass is 16.5. The minimum absolute atomic E-state index is 0.0191. The molecule has 0 aromatic rings. The van der Waals surface area contributed by atoms with E-state index in [1.165, 1.54) is 193 Å². The molecule has 0 aliphatic heterocycles. The SMILES string of the molecule is CCCCCC/C=C\CCCCCCCC(=O)OCCCCCC/C=C\CCCCCCCCCC(=O)NC(CO)C(O)CCCCCCCCCCCCCCCCCCC. The van der Waals surface area contributed by atoms with Crippen LogP contribution in [0.25, 0.3) is 0 Å². The topological polar surface area (TPSA) is 95.9 Å². The third kappa shape index (κ3) is 47.8. The molecular formula is C56H107NO5. The van der Waals surface area contributed by atoms with Gasteiger partial charge in [0.1, 0.15) is 0 Å². The molecule has 6 nitrogen and oxygen atoms in total. The number of unbranched alkanes of at least 4 members (excludes halogenated alkanes) is 36. The molecule has 1 amide bonds. The third-order valence-electron chi connectivity index (χ3n) is 12.7. The molecule has 366 valence electrons. The number of amides is 1. The molecule has 0 aromatic carbocycles. The normalized spacial score (nSPS) is 12.8. The summed E-state index contributed by atoms with van der Waals surface area (Å²) in [5.41, 5.74) is 0. The van der Waals surface area contributed by atoms with Gasteiger partial charge in [0.25, 0.3) is 0 Å². The second-order valence-electron chi connectivity index (χ2n) is 18.9. The van der Waals surface area contributed by atoms with E-state index in [9.17, 15) is 19.8 Å². The average molecular weight is 874 g/mol. The molecule has 0 saturated carbocycles. The van der Waals surface area contributed by atoms with Crippen molar-refractivity contribution in [1.29, 1.82) is 0 Å². The number of ether oxygens (including phenoxy) is 1. The fourth-order valence-electron chi connectivity index (χ4n) is 8.45. The smallest absolute Gasteiger partial charge is 0.305 e. The lowest BCUT2D eigenvalue weighted by Crippen LogP contribution is -2.45. The maximum Gasteiger partial charge on any atom is 0.305 e. The first-order valence-corrected chi connectivity index (χ1v) is 27.6. The molecule has 0 aromatic heterocycles. The first-order valence-electron chi connectivity index (χ1n) is 27.6. The number of aliphatic hydroxyl groups is 2. The molecule has 0 spiro atoms. The first-order chi connectivity index (χ1) is 30.5. The molecule has 0 heterocycles. The Hall–Kier alpha value is -1.66. The van der Waals surface area contributed by atoms with E-state index in [4.69, 9.17) is 4.74 Å². The molecule has 0 fully saturated rings. The summed E-state index contributed by atoms with van der Waals surface area (Å²) in [6, 6.07) is -0.553. The number of allylic oxidation sites excluding steroid dienone is 4. The number of nitrogens with one attached hydrogen (secondary N) is 1. The molecule has 2 unspecified atom stereocenters. The zero-order valence-electron chi connectivity index (χ0n) is 41.6. The molecule has 6 heteroatoms. The van der Waals surface area contributed by atoms with Crippen molar-refractivity contribution in [3.63, 3.8) is 0 Å². The summed E-state index contributed by atoms with van der Waals surface area (Å²) in [5, 5.41) is 23.3. The third-order valence-corrected chi connectivity index (χ3v) is 12.7. The molecule has 0 saturated heterocycles. The zero-order valence-corrected chi connectivity index (χ0v) is 41.6. The number of aliphatic hydroxyl groups excluding tert-OH is 2. The van der Waals surface area contributed by atoms with Crippen LogP contribution < -0.4 is 5.32 Å². The van der Waals surface area contributed by atoms with Gasteiger partial charge in [-0.1, -0.05) is 231 Å². The standard InChI is InChI=1S/C56H107NO5/c1-3-5-7-9-11-13-15-17-18-19-21-25-28-32-36-40-44-48-54(59)53(52-58)57-55(60)49-45-41-37-33-29-26-22-20-23-27-31-35-39-43-47-51-62-56(61)50-46-42-38-34-30-24-16-14-12-10-8-6-4-2/h14,16,23,27,53-54,58-59H,3-13,15,17-22,24-26,28-52H2,1-2H3,(H,57,60)/b16-14-,27-23-. The van der Waals surface area contributed by atoms with Crippen LogP contribution in [0.2, 0.25) is 0 Å². The van der Waals surface area contributed by atoms with Crippen molar-refractivity contribution in [3.05, 3.63) is 24.3 Å². The summed E-state index contributed by atoms with van der Waals surface area (Å²) in [7, 11) is 0. The van der Waals surface area contributed by atoms with E-state index in [1.807, 2.05) is 0 Å². The van der Waals surface area contributed by atoms with Gasteiger partial charge in [0.15, 0.2) is 0 Å². The van der Waals surface area contributed by atoms with Gasteiger partial charge in [-0.2, -0.15) is 0 Å². The number of hydrogen-bond acceptors (Lipinski definition) is 5. The summed E-state index contributed by atoms with van der Waals surface area (Å²) in [6.07, 6.45) is 61.5. The van der Waals surface area contributed by atoms with Crippen molar-refractivity contribution in [2.24, 2.45) is 0 Å². The van der Waals surface area contributed by atoms with E-state index in [1.54, 1.807) is 0 Å². The van der Waals surface area contributed by atoms with Crippen LogP contribution >= 0.6 is 0 Å². The highest BCUT2D eigenvalue weighted by Crippen LogP contribution is 2.17. The van der Waals surface area contributed by atoms with Crippen molar-refractivity contribution in [1.82, 2.24) is 5.32 Å². The van der Waals surface area contributed by atoms with Gasteiger partial charge >= 0.3 is 5.97 Å². The summed E-state index contributed by atoms with van der Waals surface area (Å²) < 4.78 is 5.45. The van der Waals surface area contributed by atoms with Crippen LogP contribution in [0.3, 0.4) is 0 Å². The quantitative estimate of drug-likeness (QED) is 0.0321. The van der Waals surface area contributed by atoms with Gasteiger partial charge in [-0.15, -0.1) is 0 Å². The highest BCUT2D eigenvalue weighted by Gasteiger charge is 2.20. The Bertz CT molecular complexity index is 966. The molecule has 62 heavy (non-hydrogen) atoms. The van der Waals surface area contributed by atoms with E-state index >= 15 is 0 Å². The van der Waals surface area contributed by atoms with Crippen LogP contribution in [0.5, 0.6) is 0 Å². The van der Waals surface area contributed by atoms with E-state index in [-0.39, 0.29) is 18.5 Å². The lowest BCUT2D eigenvalue weighted by Gasteiger charge is -2.22.